The van der Waals surface area contributed by atoms with Crippen LogP contribution in [-0.2, 0) is 17.9 Å². The molecule has 0 saturated carbocycles. The minimum atomic E-state index is -0.476. The SMILES string of the molecule is O=C(NCc1ccc(Cl)cc1)[C@@H]1CCCN1C(=O)c1cccc(-c2cccc(CO)c2)c1. The summed E-state index contributed by atoms with van der Waals surface area (Å²) in [6.45, 7) is 0.917. The minimum Gasteiger partial charge on any atom is -0.392 e. The van der Waals surface area contributed by atoms with E-state index in [0.29, 0.717) is 30.1 Å². The molecule has 1 fully saturated rings. The number of likely N-dealkylation sites (tertiary alicyclic amines) is 1. The zero-order valence-corrected chi connectivity index (χ0v) is 18.4. The zero-order chi connectivity index (χ0) is 22.5. The van der Waals surface area contributed by atoms with E-state index in [9.17, 15) is 14.7 Å². The van der Waals surface area contributed by atoms with Crippen molar-refractivity contribution in [2.45, 2.75) is 32.0 Å². The molecule has 0 radical (unpaired) electrons. The van der Waals surface area contributed by atoms with Crippen molar-refractivity contribution in [3.8, 4) is 11.1 Å². The van der Waals surface area contributed by atoms with Crippen LogP contribution < -0.4 is 5.32 Å². The van der Waals surface area contributed by atoms with Crippen molar-refractivity contribution in [1.82, 2.24) is 10.2 Å². The minimum absolute atomic E-state index is 0.0347. The lowest BCUT2D eigenvalue weighted by Gasteiger charge is -2.24. The molecule has 3 aromatic rings. The second-order valence-corrected chi connectivity index (χ2v) is 8.38. The summed E-state index contributed by atoms with van der Waals surface area (Å²) in [7, 11) is 0. The summed E-state index contributed by atoms with van der Waals surface area (Å²) in [5.74, 6) is -0.285. The number of amides is 2. The first-order valence-electron chi connectivity index (χ1n) is 10.7. The first kappa shape index (κ1) is 22.1. The van der Waals surface area contributed by atoms with Gasteiger partial charge < -0.3 is 15.3 Å². The number of carbonyl (C=O) groups is 2. The second-order valence-electron chi connectivity index (χ2n) is 7.94. The van der Waals surface area contributed by atoms with Gasteiger partial charge in [-0.3, -0.25) is 9.59 Å². The number of aliphatic hydroxyl groups is 1. The smallest absolute Gasteiger partial charge is 0.254 e. The molecular formula is C26H25ClN2O3. The van der Waals surface area contributed by atoms with E-state index in [4.69, 9.17) is 11.6 Å². The predicted octanol–water partition coefficient (Wildman–Crippen LogP) is 4.42. The monoisotopic (exact) mass is 448 g/mol. The zero-order valence-electron chi connectivity index (χ0n) is 17.6. The van der Waals surface area contributed by atoms with Crippen molar-refractivity contribution >= 4 is 23.4 Å². The lowest BCUT2D eigenvalue weighted by molar-refractivity contribution is -0.125. The highest BCUT2D eigenvalue weighted by molar-refractivity contribution is 6.30. The molecule has 2 N–H and O–H groups in total. The van der Waals surface area contributed by atoms with Crippen LogP contribution in [0, 0.1) is 0 Å². The molecule has 3 aromatic carbocycles. The van der Waals surface area contributed by atoms with Gasteiger partial charge >= 0.3 is 0 Å². The van der Waals surface area contributed by atoms with Crippen molar-refractivity contribution in [2.24, 2.45) is 0 Å². The van der Waals surface area contributed by atoms with E-state index in [1.54, 1.807) is 23.1 Å². The maximum absolute atomic E-state index is 13.3. The second kappa shape index (κ2) is 9.98. The molecule has 5 nitrogen and oxygen atoms in total. The van der Waals surface area contributed by atoms with E-state index in [1.165, 1.54) is 0 Å². The van der Waals surface area contributed by atoms with Gasteiger partial charge in [0.2, 0.25) is 5.91 Å². The molecule has 6 heteroatoms. The summed E-state index contributed by atoms with van der Waals surface area (Å²) in [5, 5.41) is 13.0. The summed E-state index contributed by atoms with van der Waals surface area (Å²) < 4.78 is 0. The summed E-state index contributed by atoms with van der Waals surface area (Å²) >= 11 is 5.91. The van der Waals surface area contributed by atoms with Crippen molar-refractivity contribution in [2.75, 3.05) is 6.54 Å². The standard InChI is InChI=1S/C26H25ClN2O3/c27-23-11-9-18(10-12-23)16-28-25(31)24-8-3-13-29(24)26(32)22-7-2-6-21(15-22)20-5-1-4-19(14-20)17-30/h1-2,4-7,9-12,14-15,24,30H,3,8,13,16-17H2,(H,28,31)/t24-/m0/s1. The number of carbonyl (C=O) groups excluding carboxylic acids is 2. The Bertz CT molecular complexity index is 1110. The molecule has 1 aliphatic rings. The fourth-order valence-corrected chi connectivity index (χ4v) is 4.16. The molecule has 1 heterocycles. The average molecular weight is 449 g/mol. The highest BCUT2D eigenvalue weighted by atomic mass is 35.5. The topological polar surface area (TPSA) is 69.6 Å². The summed E-state index contributed by atoms with van der Waals surface area (Å²) in [5.41, 5.74) is 4.15. The number of nitrogens with one attached hydrogen (secondary N) is 1. The highest BCUT2D eigenvalue weighted by Gasteiger charge is 2.34. The summed E-state index contributed by atoms with van der Waals surface area (Å²) in [6, 6.07) is 21.9. The fourth-order valence-electron chi connectivity index (χ4n) is 4.04. The van der Waals surface area contributed by atoms with E-state index >= 15 is 0 Å². The van der Waals surface area contributed by atoms with Gasteiger partial charge in [-0.05, 0) is 65.4 Å². The Morgan fingerprint density at radius 3 is 2.44 bits per heavy atom. The van der Waals surface area contributed by atoms with Gasteiger partial charge in [0, 0.05) is 23.7 Å². The predicted molar refractivity (Wildman–Crippen MR) is 125 cm³/mol. The van der Waals surface area contributed by atoms with Crippen molar-refractivity contribution < 1.29 is 14.7 Å². The molecule has 0 aromatic heterocycles. The third-order valence-electron chi connectivity index (χ3n) is 5.75. The van der Waals surface area contributed by atoms with E-state index in [1.807, 2.05) is 54.6 Å². The Morgan fingerprint density at radius 2 is 1.69 bits per heavy atom. The summed E-state index contributed by atoms with van der Waals surface area (Å²) in [4.78, 5) is 27.8. The number of hydrogen-bond acceptors (Lipinski definition) is 3. The molecule has 1 atom stereocenters. The molecular weight excluding hydrogens is 424 g/mol. The third kappa shape index (κ3) is 5.01. The molecule has 1 aliphatic heterocycles. The Labute approximate surface area is 192 Å². The number of nitrogens with zero attached hydrogens (tertiary/aromatic N) is 1. The van der Waals surface area contributed by atoms with Gasteiger partial charge in [-0.15, -0.1) is 0 Å². The number of halogens is 1. The van der Waals surface area contributed by atoms with Crippen LogP contribution >= 0.6 is 11.6 Å². The van der Waals surface area contributed by atoms with Gasteiger partial charge in [-0.25, -0.2) is 0 Å². The molecule has 2 amide bonds. The van der Waals surface area contributed by atoms with Crippen LogP contribution in [0.4, 0.5) is 0 Å². The van der Waals surface area contributed by atoms with Gasteiger partial charge in [0.05, 0.1) is 6.61 Å². The largest absolute Gasteiger partial charge is 0.392 e. The molecule has 1 saturated heterocycles. The maximum atomic E-state index is 13.3. The number of aliphatic hydroxyl groups excluding tert-OH is 1. The summed E-state index contributed by atoms with van der Waals surface area (Å²) in [6.07, 6.45) is 1.44. The molecule has 4 rings (SSSR count). The number of benzene rings is 3. The molecule has 0 aliphatic carbocycles. The highest BCUT2D eigenvalue weighted by Crippen LogP contribution is 2.25. The van der Waals surface area contributed by atoms with Crippen LogP contribution in [0.3, 0.4) is 0 Å². The molecule has 32 heavy (non-hydrogen) atoms. The first-order chi connectivity index (χ1) is 15.5. The van der Waals surface area contributed by atoms with Crippen LogP contribution in [0.25, 0.3) is 11.1 Å². The Hall–Kier alpha value is -3.15. The number of hydrogen-bond donors (Lipinski definition) is 2. The molecule has 164 valence electrons. The van der Waals surface area contributed by atoms with E-state index in [0.717, 1.165) is 28.7 Å². The lowest BCUT2D eigenvalue weighted by Crippen LogP contribution is -2.45. The van der Waals surface area contributed by atoms with Gasteiger partial charge in [0.25, 0.3) is 5.91 Å². The van der Waals surface area contributed by atoms with Gasteiger partial charge in [-0.2, -0.15) is 0 Å². The lowest BCUT2D eigenvalue weighted by atomic mass is 10.0. The van der Waals surface area contributed by atoms with E-state index in [-0.39, 0.29) is 18.4 Å². The van der Waals surface area contributed by atoms with Crippen LogP contribution in [0.15, 0.2) is 72.8 Å². The molecule has 0 bridgehead atoms. The van der Waals surface area contributed by atoms with Crippen molar-refractivity contribution in [3.05, 3.63) is 94.5 Å². The van der Waals surface area contributed by atoms with Crippen LogP contribution in [0.1, 0.15) is 34.3 Å². The Kier molecular flexibility index (Phi) is 6.88. The van der Waals surface area contributed by atoms with Gasteiger partial charge in [0.1, 0.15) is 6.04 Å². The average Bonchev–Trinajstić information content (AvgIpc) is 3.33. The molecule has 0 unspecified atom stereocenters. The quantitative estimate of drug-likeness (QED) is 0.586. The first-order valence-corrected chi connectivity index (χ1v) is 11.1. The van der Waals surface area contributed by atoms with Crippen LogP contribution in [0.2, 0.25) is 5.02 Å². The van der Waals surface area contributed by atoms with E-state index < -0.39 is 6.04 Å². The Morgan fingerprint density at radius 1 is 0.969 bits per heavy atom. The Balaban J connectivity index is 1.47. The van der Waals surface area contributed by atoms with Crippen molar-refractivity contribution in [1.29, 1.82) is 0 Å². The molecule has 0 spiro atoms. The van der Waals surface area contributed by atoms with Crippen LogP contribution in [0.5, 0.6) is 0 Å². The van der Waals surface area contributed by atoms with E-state index in [2.05, 4.69) is 5.32 Å². The van der Waals surface area contributed by atoms with Crippen molar-refractivity contribution in [3.63, 3.8) is 0 Å². The number of rotatable bonds is 6. The van der Waals surface area contributed by atoms with Gasteiger partial charge in [0.15, 0.2) is 0 Å². The third-order valence-corrected chi connectivity index (χ3v) is 6.00. The maximum Gasteiger partial charge on any atom is 0.254 e. The van der Waals surface area contributed by atoms with Gasteiger partial charge in [-0.1, -0.05) is 54.1 Å². The normalized spacial score (nSPS) is 15.6. The fraction of sp³-hybridized carbons (Fsp3) is 0.231. The van der Waals surface area contributed by atoms with Crippen LogP contribution in [-0.4, -0.2) is 34.4 Å².